The number of piperazine rings is 1. The quantitative estimate of drug-likeness (QED) is 0.488. The van der Waals surface area contributed by atoms with Crippen LogP contribution in [-0.2, 0) is 9.53 Å². The predicted molar refractivity (Wildman–Crippen MR) is 148 cm³/mol. The minimum Gasteiger partial charge on any atom is -0.463 e. The summed E-state index contributed by atoms with van der Waals surface area (Å²) in [5.74, 6) is 1.36. The van der Waals surface area contributed by atoms with Crippen molar-refractivity contribution in [1.82, 2.24) is 4.57 Å². The van der Waals surface area contributed by atoms with E-state index >= 15 is 0 Å². The molecule has 1 fully saturated rings. The Morgan fingerprint density at radius 3 is 2.58 bits per heavy atom. The van der Waals surface area contributed by atoms with E-state index in [1.165, 1.54) is 21.8 Å². The number of hydrogen-bond acceptors (Lipinski definition) is 7. The highest BCUT2D eigenvalue weighted by atomic mass is 32.1. The minimum atomic E-state index is -0.617. The highest BCUT2D eigenvalue weighted by Gasteiger charge is 2.33. The Morgan fingerprint density at radius 2 is 1.92 bits per heavy atom. The first-order chi connectivity index (χ1) is 18.3. The number of carbonyl (C=O) groups excluding carboxylic acids is 1. The van der Waals surface area contributed by atoms with E-state index in [2.05, 4.69) is 42.9 Å². The topological polar surface area (TPSA) is 81.5 Å². The molecule has 1 saturated heterocycles. The fraction of sp³-hybridized carbons (Fsp3) is 0.414. The van der Waals surface area contributed by atoms with E-state index in [9.17, 15) is 9.59 Å². The smallest absolute Gasteiger partial charge is 0.338 e. The SMILES string of the molecule is CCOC(=O)C1=C(C)N=c2s/c(=C/c3ccc(N4CC[NH+](C)CC4)o3)c(=O)n2[C@@H]1c1ccc(C(C)C)cc1. The van der Waals surface area contributed by atoms with Gasteiger partial charge in [0.25, 0.3) is 5.56 Å². The first-order valence-electron chi connectivity index (χ1n) is 13.2. The van der Waals surface area contributed by atoms with Crippen LogP contribution in [0.2, 0.25) is 0 Å². The number of quaternary nitrogens is 1. The van der Waals surface area contributed by atoms with Gasteiger partial charge in [-0.25, -0.2) is 9.79 Å². The summed E-state index contributed by atoms with van der Waals surface area (Å²) in [6, 6.07) is 11.3. The molecule has 1 N–H and O–H groups in total. The van der Waals surface area contributed by atoms with Crippen LogP contribution in [0.3, 0.4) is 0 Å². The van der Waals surface area contributed by atoms with E-state index in [0.29, 0.717) is 32.3 Å². The molecular weight excluding hydrogens is 500 g/mol. The maximum atomic E-state index is 13.8. The summed E-state index contributed by atoms with van der Waals surface area (Å²) < 4.78 is 13.6. The van der Waals surface area contributed by atoms with Crippen molar-refractivity contribution in [1.29, 1.82) is 0 Å². The number of furan rings is 1. The molecule has 4 heterocycles. The van der Waals surface area contributed by atoms with Gasteiger partial charge in [0.2, 0.25) is 0 Å². The third-order valence-corrected chi connectivity index (χ3v) is 8.23. The third-order valence-electron chi connectivity index (χ3n) is 7.25. The summed E-state index contributed by atoms with van der Waals surface area (Å²) in [7, 11) is 2.20. The van der Waals surface area contributed by atoms with Crippen molar-refractivity contribution in [2.75, 3.05) is 44.7 Å². The van der Waals surface area contributed by atoms with Crippen molar-refractivity contribution in [3.63, 3.8) is 0 Å². The monoisotopic (exact) mass is 535 g/mol. The van der Waals surface area contributed by atoms with Gasteiger partial charge < -0.3 is 19.0 Å². The Bertz CT molecular complexity index is 1540. The molecule has 3 aromatic rings. The fourth-order valence-electron chi connectivity index (χ4n) is 5.00. The van der Waals surface area contributed by atoms with E-state index in [-0.39, 0.29) is 12.2 Å². The second-order valence-electron chi connectivity index (χ2n) is 10.2. The zero-order chi connectivity index (χ0) is 27.0. The molecule has 2 aliphatic heterocycles. The second-order valence-corrected chi connectivity index (χ2v) is 11.3. The Kier molecular flexibility index (Phi) is 7.40. The zero-order valence-electron chi connectivity index (χ0n) is 22.6. The van der Waals surface area contributed by atoms with Gasteiger partial charge in [-0.3, -0.25) is 9.36 Å². The minimum absolute atomic E-state index is 0.206. The van der Waals surface area contributed by atoms with Gasteiger partial charge in [0.1, 0.15) is 5.76 Å². The van der Waals surface area contributed by atoms with Gasteiger partial charge in [-0.1, -0.05) is 49.4 Å². The number of allylic oxidation sites excluding steroid dienone is 1. The van der Waals surface area contributed by atoms with Crippen LogP contribution in [-0.4, -0.2) is 50.4 Å². The van der Waals surface area contributed by atoms with E-state index in [0.717, 1.165) is 37.6 Å². The molecule has 2 aliphatic rings. The van der Waals surface area contributed by atoms with Crippen LogP contribution in [0.15, 0.2) is 61.9 Å². The van der Waals surface area contributed by atoms with E-state index < -0.39 is 12.0 Å². The molecule has 0 spiro atoms. The number of benzene rings is 1. The van der Waals surface area contributed by atoms with Crippen LogP contribution in [0.5, 0.6) is 0 Å². The lowest BCUT2D eigenvalue weighted by molar-refractivity contribution is -0.880. The van der Waals surface area contributed by atoms with Gasteiger partial charge in [0, 0.05) is 12.1 Å². The number of aromatic nitrogens is 1. The number of esters is 1. The zero-order valence-corrected chi connectivity index (χ0v) is 23.4. The molecule has 1 aromatic carbocycles. The van der Waals surface area contributed by atoms with Crippen LogP contribution in [0.25, 0.3) is 6.08 Å². The van der Waals surface area contributed by atoms with Gasteiger partial charge in [0.15, 0.2) is 10.7 Å². The number of nitrogens with zero attached hydrogens (tertiary/aromatic N) is 3. The molecule has 1 atom stereocenters. The average molecular weight is 536 g/mol. The molecular formula is C29H35N4O4S+. The van der Waals surface area contributed by atoms with E-state index in [1.807, 2.05) is 24.3 Å². The van der Waals surface area contributed by atoms with Crippen LogP contribution in [0.4, 0.5) is 5.88 Å². The normalized spacial score (nSPS) is 18.6. The van der Waals surface area contributed by atoms with Crippen LogP contribution in [0, 0.1) is 0 Å². The average Bonchev–Trinajstić information content (AvgIpc) is 3.48. The Balaban J connectivity index is 1.57. The molecule has 200 valence electrons. The summed E-state index contributed by atoms with van der Waals surface area (Å²) in [6.07, 6.45) is 1.77. The summed E-state index contributed by atoms with van der Waals surface area (Å²) in [4.78, 5) is 35.9. The largest absolute Gasteiger partial charge is 0.463 e. The molecule has 0 amide bonds. The van der Waals surface area contributed by atoms with Crippen molar-refractivity contribution in [3.05, 3.63) is 84.2 Å². The number of nitrogens with one attached hydrogen (secondary N) is 1. The number of thiazole rings is 1. The highest BCUT2D eigenvalue weighted by Crippen LogP contribution is 2.31. The molecule has 0 saturated carbocycles. The van der Waals surface area contributed by atoms with E-state index in [1.54, 1.807) is 24.5 Å². The lowest BCUT2D eigenvalue weighted by Crippen LogP contribution is -3.12. The number of rotatable bonds is 6. The summed E-state index contributed by atoms with van der Waals surface area (Å²) >= 11 is 1.30. The third kappa shape index (κ3) is 5.00. The number of likely N-dealkylation sites (N-methyl/N-ethyl adjacent to an activating group) is 1. The Hall–Kier alpha value is -3.43. The second kappa shape index (κ2) is 10.7. The predicted octanol–water partition coefficient (Wildman–Crippen LogP) is 1.85. The highest BCUT2D eigenvalue weighted by molar-refractivity contribution is 7.07. The maximum absolute atomic E-state index is 13.8. The lowest BCUT2D eigenvalue weighted by atomic mass is 9.93. The first kappa shape index (κ1) is 26.2. The van der Waals surface area contributed by atoms with Gasteiger partial charge in [-0.05, 0) is 37.0 Å². The molecule has 0 aliphatic carbocycles. The molecule has 9 heteroatoms. The number of hydrogen-bond donors (Lipinski definition) is 1. The molecule has 5 rings (SSSR count). The molecule has 38 heavy (non-hydrogen) atoms. The molecule has 0 bridgehead atoms. The fourth-order valence-corrected chi connectivity index (χ4v) is 6.02. The van der Waals surface area contributed by atoms with Crippen molar-refractivity contribution < 1.29 is 18.8 Å². The van der Waals surface area contributed by atoms with Crippen molar-refractivity contribution in [2.45, 2.75) is 39.7 Å². The Morgan fingerprint density at radius 1 is 1.21 bits per heavy atom. The van der Waals surface area contributed by atoms with E-state index in [4.69, 9.17) is 9.15 Å². The number of anilines is 1. The number of ether oxygens (including phenoxy) is 1. The lowest BCUT2D eigenvalue weighted by Gasteiger charge is -2.29. The van der Waals surface area contributed by atoms with Crippen molar-refractivity contribution in [3.8, 4) is 0 Å². The summed E-state index contributed by atoms with van der Waals surface area (Å²) in [5.41, 5.74) is 2.78. The maximum Gasteiger partial charge on any atom is 0.338 e. The van der Waals surface area contributed by atoms with Crippen LogP contribution >= 0.6 is 11.3 Å². The molecule has 0 radical (unpaired) electrons. The van der Waals surface area contributed by atoms with Gasteiger partial charge in [0.05, 0.1) is 61.7 Å². The molecule has 8 nitrogen and oxygen atoms in total. The molecule has 2 aromatic heterocycles. The standard InChI is InChI=1S/C29H34N4O4S/c1-6-36-28(35)25-19(4)30-29-33(26(25)21-9-7-20(8-10-21)18(2)3)27(34)23(38-29)17-22-11-12-24(37-22)32-15-13-31(5)14-16-32/h7-12,17-18,26H,6,13-16H2,1-5H3/p+1/b23-17+/t26-/m1/s1. The van der Waals surface area contributed by atoms with Crippen molar-refractivity contribution in [2.24, 2.45) is 4.99 Å². The first-order valence-corrected chi connectivity index (χ1v) is 14.0. The van der Waals surface area contributed by atoms with Gasteiger partial charge in [-0.2, -0.15) is 0 Å². The Labute approximate surface area is 226 Å². The van der Waals surface area contributed by atoms with Crippen LogP contribution < -0.4 is 24.7 Å². The van der Waals surface area contributed by atoms with Crippen molar-refractivity contribution >= 4 is 29.3 Å². The van der Waals surface area contributed by atoms with Gasteiger partial charge in [-0.15, -0.1) is 0 Å². The van der Waals surface area contributed by atoms with Crippen LogP contribution in [0.1, 0.15) is 56.5 Å². The number of fused-ring (bicyclic) bond motifs is 1. The summed E-state index contributed by atoms with van der Waals surface area (Å²) in [5, 5.41) is 0. The molecule has 0 unspecified atom stereocenters. The number of carbonyl (C=O) groups is 1. The summed E-state index contributed by atoms with van der Waals surface area (Å²) in [6.45, 7) is 12.1. The van der Waals surface area contributed by atoms with Gasteiger partial charge >= 0.3 is 5.97 Å².